The predicted molar refractivity (Wildman–Crippen MR) is 117 cm³/mol. The maximum Gasteiger partial charge on any atom is 0.277 e. The van der Waals surface area contributed by atoms with Gasteiger partial charge >= 0.3 is 0 Å². The van der Waals surface area contributed by atoms with E-state index in [2.05, 4.69) is 5.32 Å². The molecule has 9 heteroatoms. The maximum absolute atomic E-state index is 12.7. The summed E-state index contributed by atoms with van der Waals surface area (Å²) < 4.78 is 0. The minimum absolute atomic E-state index is 0.0340. The first-order valence-corrected chi connectivity index (χ1v) is 10.4. The molecule has 2 heterocycles. The molecule has 2 amide bonds. The van der Waals surface area contributed by atoms with Crippen LogP contribution in [0, 0.1) is 10.1 Å². The number of amides is 2. The van der Waals surface area contributed by atoms with Gasteiger partial charge in [0, 0.05) is 43.3 Å². The van der Waals surface area contributed by atoms with Crippen molar-refractivity contribution < 1.29 is 24.3 Å². The highest BCUT2D eigenvalue weighted by Crippen LogP contribution is 2.37. The molecule has 1 fully saturated rings. The van der Waals surface area contributed by atoms with Gasteiger partial charge in [-0.2, -0.15) is 4.89 Å². The fraction of sp³-hybridized carbons (Fsp3) is 0.304. The molecule has 0 aliphatic carbocycles. The number of nitro groups is 1. The molecule has 32 heavy (non-hydrogen) atoms. The minimum atomic E-state index is -0.418. The first-order chi connectivity index (χ1) is 15.6. The predicted octanol–water partition coefficient (Wildman–Crippen LogP) is 2.88. The van der Waals surface area contributed by atoms with Gasteiger partial charge in [0.1, 0.15) is 0 Å². The van der Waals surface area contributed by atoms with Crippen molar-refractivity contribution >= 4 is 24.1 Å². The molecular formula is C23H23N3O6. The molecular weight excluding hydrogens is 414 g/mol. The molecule has 0 saturated carbocycles. The molecule has 0 bridgehead atoms. The van der Waals surface area contributed by atoms with Crippen LogP contribution in [0.5, 0.6) is 5.75 Å². The van der Waals surface area contributed by atoms with Gasteiger partial charge in [-0.3, -0.25) is 19.7 Å². The summed E-state index contributed by atoms with van der Waals surface area (Å²) in [4.78, 5) is 46.5. The summed E-state index contributed by atoms with van der Waals surface area (Å²) in [6, 6.07) is 10.3. The summed E-state index contributed by atoms with van der Waals surface area (Å²) >= 11 is 0. The molecule has 0 aromatic heterocycles. The van der Waals surface area contributed by atoms with Gasteiger partial charge in [0.15, 0.2) is 5.75 Å². The van der Waals surface area contributed by atoms with Crippen LogP contribution in [0.4, 0.5) is 5.69 Å². The Balaban J connectivity index is 1.61. The number of likely N-dealkylation sites (tertiary alicyclic amines) is 1. The van der Waals surface area contributed by atoms with Gasteiger partial charge in [-0.05, 0) is 42.2 Å². The summed E-state index contributed by atoms with van der Waals surface area (Å²) in [5.74, 6) is 0.432. The Morgan fingerprint density at radius 3 is 2.78 bits per heavy atom. The summed E-state index contributed by atoms with van der Waals surface area (Å²) in [7, 11) is 0. The van der Waals surface area contributed by atoms with Crippen molar-refractivity contribution in [3.8, 4) is 16.9 Å². The van der Waals surface area contributed by atoms with Crippen molar-refractivity contribution in [2.24, 2.45) is 0 Å². The molecule has 2 aliphatic rings. The molecule has 166 valence electrons. The number of nitrogens with zero attached hydrogens (tertiary/aromatic N) is 2. The molecule has 1 saturated heterocycles. The first-order valence-electron chi connectivity index (χ1n) is 10.4. The fourth-order valence-corrected chi connectivity index (χ4v) is 4.06. The van der Waals surface area contributed by atoms with Crippen LogP contribution in [0.25, 0.3) is 17.2 Å². The zero-order valence-corrected chi connectivity index (χ0v) is 17.4. The topological polar surface area (TPSA) is 111 Å². The van der Waals surface area contributed by atoms with Crippen LogP contribution >= 0.6 is 0 Å². The third-order valence-electron chi connectivity index (χ3n) is 5.74. The van der Waals surface area contributed by atoms with Crippen LogP contribution in [-0.4, -0.2) is 47.9 Å². The van der Waals surface area contributed by atoms with Gasteiger partial charge in [0.2, 0.25) is 12.3 Å². The number of carbonyl (C=O) groups excluding carboxylic acids is 2. The molecule has 4 rings (SSSR count). The van der Waals surface area contributed by atoms with E-state index in [4.69, 9.17) is 9.78 Å². The summed E-state index contributed by atoms with van der Waals surface area (Å²) in [5.41, 5.74) is 2.58. The van der Waals surface area contributed by atoms with Crippen molar-refractivity contribution in [1.82, 2.24) is 10.2 Å². The van der Waals surface area contributed by atoms with Gasteiger partial charge in [-0.1, -0.05) is 18.2 Å². The highest BCUT2D eigenvalue weighted by atomic mass is 17.2. The van der Waals surface area contributed by atoms with E-state index in [1.165, 1.54) is 12.1 Å². The van der Waals surface area contributed by atoms with Crippen molar-refractivity contribution in [2.75, 3.05) is 19.7 Å². The Kier molecular flexibility index (Phi) is 6.46. The SMILES string of the molecule is O=CNC1CCN(C(=O)/C=C/c2cccc([N+](=O)[O-])c2-c2ccc3c(c2)CCOO3)CC1. The average molecular weight is 437 g/mol. The third kappa shape index (κ3) is 4.62. The molecule has 0 radical (unpaired) electrons. The van der Waals surface area contributed by atoms with E-state index in [1.807, 2.05) is 6.07 Å². The Hall–Kier alpha value is -3.72. The second-order valence-corrected chi connectivity index (χ2v) is 7.69. The number of hydrogen-bond donors (Lipinski definition) is 1. The third-order valence-corrected chi connectivity index (χ3v) is 5.74. The summed E-state index contributed by atoms with van der Waals surface area (Å²) in [6.07, 6.45) is 5.79. The summed E-state index contributed by atoms with van der Waals surface area (Å²) in [6.45, 7) is 1.50. The molecule has 2 aromatic rings. The normalized spacial score (nSPS) is 16.3. The van der Waals surface area contributed by atoms with Gasteiger partial charge in [-0.25, -0.2) is 0 Å². The van der Waals surface area contributed by atoms with Gasteiger partial charge in [0.25, 0.3) is 5.69 Å². The number of carbonyl (C=O) groups is 2. The number of nitro benzene ring substituents is 1. The van der Waals surface area contributed by atoms with E-state index in [9.17, 15) is 19.7 Å². The minimum Gasteiger partial charge on any atom is -0.356 e. The lowest BCUT2D eigenvalue weighted by molar-refractivity contribution is -0.384. The molecule has 0 unspecified atom stereocenters. The monoisotopic (exact) mass is 437 g/mol. The molecule has 2 aromatic carbocycles. The van der Waals surface area contributed by atoms with E-state index < -0.39 is 4.92 Å². The van der Waals surface area contributed by atoms with E-state index in [-0.39, 0.29) is 17.6 Å². The van der Waals surface area contributed by atoms with E-state index in [1.54, 1.807) is 35.2 Å². The zero-order valence-electron chi connectivity index (χ0n) is 17.4. The van der Waals surface area contributed by atoms with Gasteiger partial charge < -0.3 is 15.1 Å². The van der Waals surface area contributed by atoms with Crippen LogP contribution in [0.3, 0.4) is 0 Å². The number of nitrogens with one attached hydrogen (secondary N) is 1. The number of hydrogen-bond acceptors (Lipinski definition) is 6. The smallest absolute Gasteiger partial charge is 0.277 e. The highest BCUT2D eigenvalue weighted by Gasteiger charge is 2.23. The fourth-order valence-electron chi connectivity index (χ4n) is 4.06. The lowest BCUT2D eigenvalue weighted by Gasteiger charge is -2.30. The van der Waals surface area contributed by atoms with E-state index in [0.29, 0.717) is 67.8 Å². The van der Waals surface area contributed by atoms with Gasteiger partial charge in [0.05, 0.1) is 17.1 Å². The van der Waals surface area contributed by atoms with Crippen molar-refractivity contribution in [3.05, 3.63) is 63.7 Å². The average Bonchev–Trinajstić information content (AvgIpc) is 2.82. The standard InChI is InChI=1S/C23H23N3O6/c27-15-24-19-8-11-25(12-9-19)22(28)7-5-16-2-1-3-20(26(29)30)23(16)18-4-6-21-17(14-18)10-13-31-32-21/h1-7,14-15,19H,8-13H2,(H,24,27)/b7-5+. The Bertz CT molecular complexity index is 1060. The van der Waals surface area contributed by atoms with Crippen molar-refractivity contribution in [2.45, 2.75) is 25.3 Å². The second-order valence-electron chi connectivity index (χ2n) is 7.69. The van der Waals surface area contributed by atoms with Crippen molar-refractivity contribution in [1.29, 1.82) is 0 Å². The van der Waals surface area contributed by atoms with Crippen molar-refractivity contribution in [3.63, 3.8) is 0 Å². The number of piperidine rings is 1. The first kappa shape index (κ1) is 21.5. The molecule has 0 atom stereocenters. The quantitative estimate of drug-likeness (QED) is 0.245. The number of benzene rings is 2. The lowest BCUT2D eigenvalue weighted by atomic mass is 9.94. The lowest BCUT2D eigenvalue weighted by Crippen LogP contribution is -2.44. The second kappa shape index (κ2) is 9.61. The van der Waals surface area contributed by atoms with Crippen LogP contribution in [0.1, 0.15) is 24.0 Å². The highest BCUT2D eigenvalue weighted by molar-refractivity contribution is 5.94. The number of fused-ring (bicyclic) bond motifs is 1. The van der Waals surface area contributed by atoms with Crippen LogP contribution in [0.2, 0.25) is 0 Å². The van der Waals surface area contributed by atoms with Crippen LogP contribution in [0.15, 0.2) is 42.5 Å². The largest absolute Gasteiger partial charge is 0.356 e. The summed E-state index contributed by atoms with van der Waals surface area (Å²) in [5, 5.41) is 14.5. The molecule has 0 spiro atoms. The Labute approximate surface area is 184 Å². The van der Waals surface area contributed by atoms with Crippen LogP contribution < -0.4 is 10.2 Å². The van der Waals surface area contributed by atoms with E-state index >= 15 is 0 Å². The van der Waals surface area contributed by atoms with E-state index in [0.717, 1.165) is 5.56 Å². The van der Waals surface area contributed by atoms with Crippen LogP contribution in [-0.2, 0) is 20.9 Å². The Morgan fingerprint density at radius 2 is 2.03 bits per heavy atom. The maximum atomic E-state index is 12.7. The number of rotatable bonds is 6. The van der Waals surface area contributed by atoms with Gasteiger partial charge in [-0.15, -0.1) is 0 Å². The Morgan fingerprint density at radius 1 is 1.22 bits per heavy atom. The zero-order chi connectivity index (χ0) is 22.5. The molecule has 9 nitrogen and oxygen atoms in total. The molecule has 2 aliphatic heterocycles. The molecule has 1 N–H and O–H groups in total.